The Bertz CT molecular complexity index is 590. The fourth-order valence-electron chi connectivity index (χ4n) is 1.64. The van der Waals surface area contributed by atoms with Crippen molar-refractivity contribution in [1.82, 2.24) is 0 Å². The van der Waals surface area contributed by atoms with Gasteiger partial charge in [-0.3, -0.25) is 0 Å². The molecule has 0 fully saturated rings. The number of methoxy groups -OCH3 is 1. The van der Waals surface area contributed by atoms with E-state index in [1.165, 1.54) is 0 Å². The lowest BCUT2D eigenvalue weighted by Gasteiger charge is -2.07. The second-order valence-corrected chi connectivity index (χ2v) is 5.18. The van der Waals surface area contributed by atoms with E-state index in [0.717, 1.165) is 22.1 Å². The molecule has 2 aromatic carbocycles. The molecule has 2 rings (SSSR count). The quantitative estimate of drug-likeness (QED) is 0.599. The lowest BCUT2D eigenvalue weighted by Crippen LogP contribution is -1.99. The minimum atomic E-state index is 0.619. The molecule has 0 N–H and O–H groups in total. The molecule has 0 aliphatic rings. The number of rotatable bonds is 6. The molecule has 0 amide bonds. The summed E-state index contributed by atoms with van der Waals surface area (Å²) in [6.45, 7) is 0.619. The first-order valence-corrected chi connectivity index (χ1v) is 7.20. The van der Waals surface area contributed by atoms with E-state index >= 15 is 0 Å². The van der Waals surface area contributed by atoms with Crippen LogP contribution < -0.4 is 9.47 Å². The van der Waals surface area contributed by atoms with Crippen molar-refractivity contribution < 1.29 is 9.47 Å². The van der Waals surface area contributed by atoms with Crippen LogP contribution in [0.1, 0.15) is 5.56 Å². The Morgan fingerprint density at radius 3 is 2.60 bits per heavy atom. The molecule has 0 radical (unpaired) electrons. The van der Waals surface area contributed by atoms with Gasteiger partial charge in [0.2, 0.25) is 0 Å². The molecule has 0 aliphatic carbocycles. The van der Waals surface area contributed by atoms with Crippen molar-refractivity contribution in [3.8, 4) is 17.6 Å². The molecule has 0 bridgehead atoms. The largest absolute Gasteiger partial charge is 0.497 e. The summed E-state index contributed by atoms with van der Waals surface area (Å²) in [4.78, 5) is 1.16. The topological polar surface area (TPSA) is 42.2 Å². The molecule has 3 nitrogen and oxygen atoms in total. The van der Waals surface area contributed by atoms with E-state index in [2.05, 4.69) is 12.1 Å². The molecule has 0 atom stereocenters. The summed E-state index contributed by atoms with van der Waals surface area (Å²) in [5, 5.41) is 8.71. The highest BCUT2D eigenvalue weighted by molar-refractivity contribution is 7.99. The van der Waals surface area contributed by atoms with Crippen LogP contribution in [-0.4, -0.2) is 19.5 Å². The van der Waals surface area contributed by atoms with Crippen LogP contribution in [0.4, 0.5) is 0 Å². The van der Waals surface area contributed by atoms with Crippen LogP contribution in [-0.2, 0) is 0 Å². The van der Waals surface area contributed by atoms with E-state index in [0.29, 0.717) is 12.2 Å². The molecule has 20 heavy (non-hydrogen) atoms. The first kappa shape index (κ1) is 14.3. The van der Waals surface area contributed by atoms with Crippen molar-refractivity contribution in [2.24, 2.45) is 0 Å². The van der Waals surface area contributed by atoms with Crippen molar-refractivity contribution in [2.45, 2.75) is 4.90 Å². The summed E-state index contributed by atoms with van der Waals surface area (Å²) in [6.07, 6.45) is 0. The Morgan fingerprint density at radius 2 is 1.90 bits per heavy atom. The number of thioether (sulfide) groups is 1. The SMILES string of the molecule is COc1cccc(SCCOc2ccc(C#N)cc2)c1. The molecular formula is C16H15NO2S. The van der Waals surface area contributed by atoms with Gasteiger partial charge in [0.1, 0.15) is 11.5 Å². The van der Waals surface area contributed by atoms with Crippen LogP contribution in [0.2, 0.25) is 0 Å². The van der Waals surface area contributed by atoms with E-state index < -0.39 is 0 Å². The third kappa shape index (κ3) is 4.22. The van der Waals surface area contributed by atoms with Crippen LogP contribution in [0.5, 0.6) is 11.5 Å². The number of hydrogen-bond acceptors (Lipinski definition) is 4. The maximum atomic E-state index is 8.71. The zero-order valence-electron chi connectivity index (χ0n) is 11.2. The molecule has 4 heteroatoms. The van der Waals surface area contributed by atoms with Crippen molar-refractivity contribution in [3.05, 3.63) is 54.1 Å². The summed E-state index contributed by atoms with van der Waals surface area (Å²) >= 11 is 1.72. The van der Waals surface area contributed by atoms with Gasteiger partial charge in [0.25, 0.3) is 0 Å². The summed E-state index contributed by atoms with van der Waals surface area (Å²) in [7, 11) is 1.66. The third-order valence-corrected chi connectivity index (χ3v) is 3.60. The first-order valence-electron chi connectivity index (χ1n) is 6.21. The predicted molar refractivity (Wildman–Crippen MR) is 80.4 cm³/mol. The molecule has 0 unspecified atom stereocenters. The fraction of sp³-hybridized carbons (Fsp3) is 0.188. The van der Waals surface area contributed by atoms with Crippen molar-refractivity contribution >= 4 is 11.8 Å². The van der Waals surface area contributed by atoms with Crippen molar-refractivity contribution in [3.63, 3.8) is 0 Å². The van der Waals surface area contributed by atoms with E-state index in [9.17, 15) is 0 Å². The third-order valence-electron chi connectivity index (χ3n) is 2.65. The van der Waals surface area contributed by atoms with Gasteiger partial charge >= 0.3 is 0 Å². The van der Waals surface area contributed by atoms with Gasteiger partial charge in [-0.05, 0) is 42.5 Å². The van der Waals surface area contributed by atoms with Crippen LogP contribution in [0.15, 0.2) is 53.4 Å². The van der Waals surface area contributed by atoms with Gasteiger partial charge in [-0.1, -0.05) is 6.07 Å². The van der Waals surface area contributed by atoms with Gasteiger partial charge in [-0.2, -0.15) is 5.26 Å². The average Bonchev–Trinajstić information content (AvgIpc) is 2.52. The average molecular weight is 285 g/mol. The minimum absolute atomic E-state index is 0.619. The highest BCUT2D eigenvalue weighted by atomic mass is 32.2. The van der Waals surface area contributed by atoms with Crippen LogP contribution in [0, 0.1) is 11.3 Å². The molecule has 102 valence electrons. The Hall–Kier alpha value is -2.12. The maximum absolute atomic E-state index is 8.71. The van der Waals surface area contributed by atoms with Crippen LogP contribution in [0.3, 0.4) is 0 Å². The maximum Gasteiger partial charge on any atom is 0.119 e. The Kier molecular flexibility index (Phi) is 5.33. The first-order chi connectivity index (χ1) is 9.81. The van der Waals surface area contributed by atoms with Crippen molar-refractivity contribution in [1.29, 1.82) is 5.26 Å². The highest BCUT2D eigenvalue weighted by Crippen LogP contribution is 2.22. The van der Waals surface area contributed by atoms with E-state index in [4.69, 9.17) is 14.7 Å². The monoisotopic (exact) mass is 285 g/mol. The summed E-state index contributed by atoms with van der Waals surface area (Å²) in [5.74, 6) is 2.51. The molecule has 0 heterocycles. The zero-order chi connectivity index (χ0) is 14.2. The fourth-order valence-corrected chi connectivity index (χ4v) is 2.41. The molecule has 0 saturated heterocycles. The van der Waals surface area contributed by atoms with E-state index in [1.807, 2.05) is 30.3 Å². The summed E-state index contributed by atoms with van der Waals surface area (Å²) in [5.41, 5.74) is 0.642. The van der Waals surface area contributed by atoms with Gasteiger partial charge in [0, 0.05) is 10.6 Å². The molecule has 0 saturated carbocycles. The van der Waals surface area contributed by atoms with Gasteiger partial charge in [-0.15, -0.1) is 11.8 Å². The number of ether oxygens (including phenoxy) is 2. The number of hydrogen-bond donors (Lipinski definition) is 0. The second kappa shape index (κ2) is 7.46. The van der Waals surface area contributed by atoms with E-state index in [1.54, 1.807) is 31.0 Å². The highest BCUT2D eigenvalue weighted by Gasteiger charge is 1.98. The lowest BCUT2D eigenvalue weighted by molar-refractivity contribution is 0.344. The second-order valence-electron chi connectivity index (χ2n) is 4.01. The summed E-state index contributed by atoms with van der Waals surface area (Å²) in [6, 6.07) is 17.2. The zero-order valence-corrected chi connectivity index (χ0v) is 12.0. The van der Waals surface area contributed by atoms with Crippen molar-refractivity contribution in [2.75, 3.05) is 19.5 Å². The Morgan fingerprint density at radius 1 is 1.10 bits per heavy atom. The molecular weight excluding hydrogens is 270 g/mol. The molecule has 2 aromatic rings. The normalized spacial score (nSPS) is 9.80. The lowest BCUT2D eigenvalue weighted by atomic mass is 10.2. The standard InChI is InChI=1S/C16H15NO2S/c1-18-15-3-2-4-16(11-15)20-10-9-19-14-7-5-13(12-17)6-8-14/h2-8,11H,9-10H2,1H3. The van der Waals surface area contributed by atoms with Crippen LogP contribution >= 0.6 is 11.8 Å². The van der Waals surface area contributed by atoms with Gasteiger partial charge < -0.3 is 9.47 Å². The smallest absolute Gasteiger partial charge is 0.119 e. The van der Waals surface area contributed by atoms with Crippen LogP contribution in [0.25, 0.3) is 0 Å². The molecule has 0 aliphatic heterocycles. The van der Waals surface area contributed by atoms with E-state index in [-0.39, 0.29) is 0 Å². The van der Waals surface area contributed by atoms with Gasteiger partial charge in [0.15, 0.2) is 0 Å². The number of nitrogens with zero attached hydrogens (tertiary/aromatic N) is 1. The van der Waals surface area contributed by atoms with Gasteiger partial charge in [-0.25, -0.2) is 0 Å². The molecule has 0 aromatic heterocycles. The number of nitriles is 1. The summed E-state index contributed by atoms with van der Waals surface area (Å²) < 4.78 is 10.8. The molecule has 0 spiro atoms. The number of benzene rings is 2. The predicted octanol–water partition coefficient (Wildman–Crippen LogP) is 3.74. The Labute approximate surface area is 123 Å². The minimum Gasteiger partial charge on any atom is -0.497 e. The van der Waals surface area contributed by atoms with Gasteiger partial charge in [0.05, 0.1) is 25.3 Å². The Balaban J connectivity index is 1.77.